The lowest BCUT2D eigenvalue weighted by Gasteiger charge is -2.22. The van der Waals surface area contributed by atoms with Gasteiger partial charge in [0, 0.05) is 24.4 Å². The molecule has 3 aromatic rings. The second-order valence-corrected chi connectivity index (χ2v) is 6.49. The van der Waals surface area contributed by atoms with Crippen molar-refractivity contribution in [3.8, 4) is 17.0 Å². The topological polar surface area (TPSA) is 77.8 Å². The van der Waals surface area contributed by atoms with E-state index in [9.17, 15) is 8.78 Å². The van der Waals surface area contributed by atoms with Gasteiger partial charge in [-0.3, -0.25) is 4.99 Å². The van der Waals surface area contributed by atoms with Crippen molar-refractivity contribution in [1.29, 1.82) is 0 Å². The summed E-state index contributed by atoms with van der Waals surface area (Å²) >= 11 is 0. The van der Waals surface area contributed by atoms with E-state index < -0.39 is 6.43 Å². The molecule has 0 fully saturated rings. The maximum atomic E-state index is 12.7. The van der Waals surface area contributed by atoms with Gasteiger partial charge in [0.25, 0.3) is 0 Å². The van der Waals surface area contributed by atoms with Gasteiger partial charge < -0.3 is 10.5 Å². The smallest absolute Gasteiger partial charge is 0.243 e. The summed E-state index contributed by atoms with van der Waals surface area (Å²) in [6.45, 7) is 0. The summed E-state index contributed by atoms with van der Waals surface area (Å²) in [5.74, 6) is 0.537. The number of ether oxygens (including phenoxy) is 1. The Kier molecular flexibility index (Phi) is 4.47. The van der Waals surface area contributed by atoms with Crippen molar-refractivity contribution >= 4 is 23.4 Å². The second-order valence-electron chi connectivity index (χ2n) is 6.49. The number of anilines is 1. The number of alkyl halides is 2. The van der Waals surface area contributed by atoms with Crippen LogP contribution in [0.5, 0.6) is 5.88 Å². The molecule has 0 spiro atoms. The Balaban J connectivity index is 1.79. The van der Waals surface area contributed by atoms with E-state index in [-0.39, 0.29) is 18.3 Å². The molecule has 6 nitrogen and oxygen atoms in total. The SMILES string of the molecule is COc1nc(N)nn2ccc(-c3ccc4c(c3)C(CCC(F)F)CC=N4)c12. The fourth-order valence-electron chi connectivity index (χ4n) is 3.56. The molecule has 0 saturated heterocycles. The number of benzene rings is 1. The maximum Gasteiger partial charge on any atom is 0.243 e. The molecule has 0 radical (unpaired) electrons. The summed E-state index contributed by atoms with van der Waals surface area (Å²) in [7, 11) is 1.53. The van der Waals surface area contributed by atoms with Gasteiger partial charge in [0.2, 0.25) is 18.3 Å². The minimum atomic E-state index is -2.29. The molecule has 0 saturated carbocycles. The summed E-state index contributed by atoms with van der Waals surface area (Å²) in [5, 5.41) is 4.18. The van der Waals surface area contributed by atoms with Crippen molar-refractivity contribution in [3.63, 3.8) is 0 Å². The van der Waals surface area contributed by atoms with Gasteiger partial charge in [-0.1, -0.05) is 6.07 Å². The molecule has 1 aliphatic heterocycles. The van der Waals surface area contributed by atoms with E-state index in [1.165, 1.54) is 7.11 Å². The van der Waals surface area contributed by atoms with Crippen LogP contribution in [0.1, 0.15) is 30.7 Å². The van der Waals surface area contributed by atoms with Crippen molar-refractivity contribution in [1.82, 2.24) is 14.6 Å². The summed E-state index contributed by atoms with van der Waals surface area (Å²) in [6, 6.07) is 7.81. The van der Waals surface area contributed by atoms with Gasteiger partial charge in [-0.15, -0.1) is 5.10 Å². The van der Waals surface area contributed by atoms with Crippen LogP contribution < -0.4 is 10.5 Å². The standard InChI is InChI=1S/C19H19F2N5O/c1-27-18-17-13(7-9-26(17)25-19(22)24-18)12-2-4-15-14(10-12)11(6-8-23-15)3-5-16(20)21/h2,4,7-11,16H,3,5-6H2,1H3,(H2,22,25). The molecule has 8 heteroatoms. The first kappa shape index (κ1) is 17.4. The normalized spacial score (nSPS) is 16.1. The zero-order valence-corrected chi connectivity index (χ0v) is 14.8. The van der Waals surface area contributed by atoms with Gasteiger partial charge in [0.15, 0.2) is 0 Å². The van der Waals surface area contributed by atoms with Crippen molar-refractivity contribution in [2.45, 2.75) is 31.6 Å². The molecule has 2 N–H and O–H groups in total. The van der Waals surface area contributed by atoms with Gasteiger partial charge in [0.1, 0.15) is 5.52 Å². The van der Waals surface area contributed by atoms with Crippen LogP contribution in [0.25, 0.3) is 16.6 Å². The van der Waals surface area contributed by atoms with Crippen molar-refractivity contribution in [2.24, 2.45) is 4.99 Å². The van der Waals surface area contributed by atoms with Gasteiger partial charge in [-0.25, -0.2) is 13.3 Å². The third kappa shape index (κ3) is 3.22. The van der Waals surface area contributed by atoms with Crippen molar-refractivity contribution in [2.75, 3.05) is 12.8 Å². The zero-order valence-electron chi connectivity index (χ0n) is 14.8. The highest BCUT2D eigenvalue weighted by atomic mass is 19.3. The minimum Gasteiger partial charge on any atom is -0.479 e. The van der Waals surface area contributed by atoms with Crippen LogP contribution in [-0.2, 0) is 0 Å². The van der Waals surface area contributed by atoms with Gasteiger partial charge >= 0.3 is 0 Å². The van der Waals surface area contributed by atoms with Gasteiger partial charge in [0.05, 0.1) is 12.8 Å². The number of hydrogen-bond acceptors (Lipinski definition) is 5. The van der Waals surface area contributed by atoms with Crippen LogP contribution in [0, 0.1) is 0 Å². The first-order valence-corrected chi connectivity index (χ1v) is 8.70. The average Bonchev–Trinajstić information content (AvgIpc) is 3.08. The molecule has 27 heavy (non-hydrogen) atoms. The van der Waals surface area contributed by atoms with Gasteiger partial charge in [-0.05, 0) is 48.1 Å². The molecule has 1 unspecified atom stereocenters. The number of hydrogen-bond donors (Lipinski definition) is 1. The number of nitrogens with two attached hydrogens (primary N) is 1. The van der Waals surface area contributed by atoms with Crippen LogP contribution in [0.2, 0.25) is 0 Å². The summed E-state index contributed by atoms with van der Waals surface area (Å²) in [5.41, 5.74) is 10.1. The monoisotopic (exact) mass is 371 g/mol. The van der Waals surface area contributed by atoms with Crippen molar-refractivity contribution in [3.05, 3.63) is 36.0 Å². The predicted octanol–water partition coefficient (Wildman–Crippen LogP) is 4.22. The van der Waals surface area contributed by atoms with Crippen LogP contribution in [-0.4, -0.2) is 34.3 Å². The summed E-state index contributed by atoms with van der Waals surface area (Å²) in [4.78, 5) is 8.56. The van der Waals surface area contributed by atoms with E-state index in [1.807, 2.05) is 30.5 Å². The van der Waals surface area contributed by atoms with Crippen molar-refractivity contribution < 1.29 is 13.5 Å². The first-order valence-electron chi connectivity index (χ1n) is 8.70. The summed E-state index contributed by atoms with van der Waals surface area (Å²) in [6.07, 6.45) is 2.29. The third-order valence-corrected chi connectivity index (χ3v) is 4.82. The molecule has 1 aliphatic rings. The quantitative estimate of drug-likeness (QED) is 0.728. The molecule has 3 heterocycles. The number of aliphatic imine (C=N–C) groups is 1. The Morgan fingerprint density at radius 1 is 1.33 bits per heavy atom. The fraction of sp³-hybridized carbons (Fsp3) is 0.316. The molecular weight excluding hydrogens is 352 g/mol. The number of methoxy groups -OCH3 is 1. The lowest BCUT2D eigenvalue weighted by atomic mass is 9.87. The predicted molar refractivity (Wildman–Crippen MR) is 100 cm³/mol. The number of nitrogens with zero attached hydrogens (tertiary/aromatic N) is 4. The summed E-state index contributed by atoms with van der Waals surface area (Å²) < 4.78 is 32.4. The highest BCUT2D eigenvalue weighted by Crippen LogP contribution is 2.40. The third-order valence-electron chi connectivity index (χ3n) is 4.82. The molecule has 2 aromatic heterocycles. The number of nitrogen functional groups attached to an aromatic ring is 1. The minimum absolute atomic E-state index is 0.0362. The van der Waals surface area contributed by atoms with E-state index in [0.29, 0.717) is 24.2 Å². The fourth-order valence-corrected chi connectivity index (χ4v) is 3.56. The second kappa shape index (κ2) is 6.94. The van der Waals surface area contributed by atoms with E-state index in [0.717, 1.165) is 22.4 Å². The molecule has 0 aliphatic carbocycles. The molecule has 140 valence electrons. The lowest BCUT2D eigenvalue weighted by molar-refractivity contribution is 0.132. The van der Waals surface area contributed by atoms with Crippen LogP contribution in [0.4, 0.5) is 20.4 Å². The van der Waals surface area contributed by atoms with E-state index in [4.69, 9.17) is 10.5 Å². The van der Waals surface area contributed by atoms with Gasteiger partial charge in [-0.2, -0.15) is 4.98 Å². The number of halogens is 2. The lowest BCUT2D eigenvalue weighted by Crippen LogP contribution is -2.07. The van der Waals surface area contributed by atoms with Crippen LogP contribution in [0.3, 0.4) is 0 Å². The van der Waals surface area contributed by atoms with E-state index in [1.54, 1.807) is 10.7 Å². The van der Waals surface area contributed by atoms with E-state index >= 15 is 0 Å². The molecule has 1 aromatic carbocycles. The van der Waals surface area contributed by atoms with Crippen LogP contribution >= 0.6 is 0 Å². The average molecular weight is 371 g/mol. The Bertz CT molecular complexity index is 1010. The highest BCUT2D eigenvalue weighted by Gasteiger charge is 2.21. The Morgan fingerprint density at radius 3 is 2.96 bits per heavy atom. The number of rotatable bonds is 5. The molecular formula is C19H19F2N5O. The number of aromatic nitrogens is 3. The van der Waals surface area contributed by atoms with E-state index in [2.05, 4.69) is 15.1 Å². The number of fused-ring (bicyclic) bond motifs is 2. The highest BCUT2D eigenvalue weighted by molar-refractivity contribution is 5.86. The molecule has 1 atom stereocenters. The first-order chi connectivity index (χ1) is 13.1. The molecule has 4 rings (SSSR count). The molecule has 0 amide bonds. The Hall–Kier alpha value is -3.03. The Morgan fingerprint density at radius 2 is 2.19 bits per heavy atom. The Labute approximate surface area is 154 Å². The maximum absolute atomic E-state index is 12.7. The largest absolute Gasteiger partial charge is 0.479 e. The molecule has 0 bridgehead atoms. The van der Waals surface area contributed by atoms with Crippen LogP contribution in [0.15, 0.2) is 35.5 Å². The zero-order chi connectivity index (χ0) is 19.0.